The first-order chi connectivity index (χ1) is 8.24. The van der Waals surface area contributed by atoms with Crippen molar-refractivity contribution in [1.82, 2.24) is 15.0 Å². The highest BCUT2D eigenvalue weighted by Gasteiger charge is 2.11. The van der Waals surface area contributed by atoms with Crippen LogP contribution in [0.3, 0.4) is 0 Å². The van der Waals surface area contributed by atoms with E-state index in [1.165, 1.54) is 0 Å². The molecule has 0 fully saturated rings. The Labute approximate surface area is 107 Å². The highest BCUT2D eigenvalue weighted by molar-refractivity contribution is 9.09. The highest BCUT2D eigenvalue weighted by Crippen LogP contribution is 2.13. The van der Waals surface area contributed by atoms with E-state index in [1.54, 1.807) is 19.2 Å². The van der Waals surface area contributed by atoms with Crippen LogP contribution in [0.5, 0.6) is 0 Å². The van der Waals surface area contributed by atoms with Crippen molar-refractivity contribution in [2.75, 3.05) is 11.9 Å². The van der Waals surface area contributed by atoms with Gasteiger partial charge in [-0.25, -0.2) is 14.8 Å². The summed E-state index contributed by atoms with van der Waals surface area (Å²) >= 11 is 3.34. The number of alkyl halides is 1. The summed E-state index contributed by atoms with van der Waals surface area (Å²) in [5, 5.41) is 0.813. The summed E-state index contributed by atoms with van der Waals surface area (Å²) < 4.78 is 4.91. The molecule has 0 saturated heterocycles. The van der Waals surface area contributed by atoms with Crippen molar-refractivity contribution in [3.05, 3.63) is 23.8 Å². The molecule has 0 atom stereocenters. The van der Waals surface area contributed by atoms with Crippen molar-refractivity contribution in [3.8, 4) is 0 Å². The lowest BCUT2D eigenvalue weighted by Crippen LogP contribution is -2.04. The zero-order valence-corrected chi connectivity index (χ0v) is 11.0. The molecule has 6 heteroatoms. The second-order valence-electron chi connectivity index (χ2n) is 3.43. The Hall–Kier alpha value is -1.43. The van der Waals surface area contributed by atoms with E-state index in [9.17, 15) is 4.79 Å². The Bertz CT molecular complexity index is 538. The number of carbonyl (C=O) groups is 1. The lowest BCUT2D eigenvalue weighted by molar-refractivity contribution is 0.0520. The number of hydrogen-bond donors (Lipinski definition) is 1. The van der Waals surface area contributed by atoms with Crippen molar-refractivity contribution >= 4 is 32.9 Å². The van der Waals surface area contributed by atoms with Crippen LogP contribution < -0.4 is 0 Å². The van der Waals surface area contributed by atoms with Crippen LogP contribution in [0, 0.1) is 0 Å². The van der Waals surface area contributed by atoms with E-state index in [0.29, 0.717) is 12.3 Å². The summed E-state index contributed by atoms with van der Waals surface area (Å²) in [6.45, 7) is 2.13. The number of nitrogens with one attached hydrogen (secondary N) is 1. The molecule has 0 amide bonds. The molecule has 1 N–H and O–H groups in total. The van der Waals surface area contributed by atoms with Crippen LogP contribution in [0.1, 0.15) is 23.2 Å². The summed E-state index contributed by atoms with van der Waals surface area (Å²) in [5.41, 5.74) is 1.89. The van der Waals surface area contributed by atoms with E-state index >= 15 is 0 Å². The van der Waals surface area contributed by atoms with E-state index in [2.05, 4.69) is 30.9 Å². The summed E-state index contributed by atoms with van der Waals surface area (Å²) in [5.74, 6) is 0.385. The largest absolute Gasteiger partial charge is 0.461 e. The number of fused-ring (bicyclic) bond motifs is 1. The van der Waals surface area contributed by atoms with Gasteiger partial charge in [-0.1, -0.05) is 15.9 Å². The smallest absolute Gasteiger partial charge is 0.354 e. The van der Waals surface area contributed by atoms with Gasteiger partial charge in [0.2, 0.25) is 0 Å². The van der Waals surface area contributed by atoms with Crippen LogP contribution in [0.25, 0.3) is 11.0 Å². The number of H-pyrrole nitrogens is 1. The molecule has 0 aliphatic heterocycles. The number of hydrogen-bond acceptors (Lipinski definition) is 4. The van der Waals surface area contributed by atoms with Gasteiger partial charge in [0.15, 0.2) is 0 Å². The molecule has 0 bridgehead atoms. The monoisotopic (exact) mass is 297 g/mol. The first kappa shape index (κ1) is 12.0. The zero-order chi connectivity index (χ0) is 12.3. The lowest BCUT2D eigenvalue weighted by Gasteiger charge is -1.96. The zero-order valence-electron chi connectivity index (χ0n) is 9.36. The number of aryl methyl sites for hydroxylation is 1. The molecule has 0 saturated carbocycles. The van der Waals surface area contributed by atoms with E-state index in [-0.39, 0.29) is 5.97 Å². The normalized spacial score (nSPS) is 10.7. The van der Waals surface area contributed by atoms with Crippen LogP contribution >= 0.6 is 15.9 Å². The molecule has 2 aromatic rings. The van der Waals surface area contributed by atoms with Crippen LogP contribution in [-0.2, 0) is 11.2 Å². The van der Waals surface area contributed by atoms with Crippen molar-refractivity contribution in [1.29, 1.82) is 0 Å². The lowest BCUT2D eigenvalue weighted by atomic mass is 10.4. The van der Waals surface area contributed by atoms with Crippen LogP contribution in [0.2, 0.25) is 0 Å². The second-order valence-corrected chi connectivity index (χ2v) is 4.22. The van der Waals surface area contributed by atoms with Gasteiger partial charge in [0, 0.05) is 11.8 Å². The molecule has 0 aromatic carbocycles. The van der Waals surface area contributed by atoms with E-state index < -0.39 is 0 Å². The van der Waals surface area contributed by atoms with E-state index in [4.69, 9.17) is 4.74 Å². The molecule has 0 radical (unpaired) electrons. The highest BCUT2D eigenvalue weighted by atomic mass is 79.9. The first-order valence-corrected chi connectivity index (χ1v) is 6.44. The molecule has 5 nitrogen and oxygen atoms in total. The van der Waals surface area contributed by atoms with Gasteiger partial charge < -0.3 is 9.72 Å². The molecule has 2 heterocycles. The fraction of sp³-hybridized carbons (Fsp3) is 0.364. The Balaban J connectivity index is 2.33. The third-order valence-electron chi connectivity index (χ3n) is 2.23. The molecule has 17 heavy (non-hydrogen) atoms. The molecular formula is C11H12BrN3O2. The third kappa shape index (κ3) is 2.63. The number of halogens is 1. The van der Waals surface area contributed by atoms with Gasteiger partial charge in [0.25, 0.3) is 0 Å². The van der Waals surface area contributed by atoms with Crippen molar-refractivity contribution in [3.63, 3.8) is 0 Å². The van der Waals surface area contributed by atoms with Crippen molar-refractivity contribution in [2.45, 2.75) is 13.3 Å². The third-order valence-corrected chi connectivity index (χ3v) is 2.63. The van der Waals surface area contributed by atoms with E-state index in [1.807, 2.05) is 0 Å². The maximum absolute atomic E-state index is 11.5. The minimum Gasteiger partial charge on any atom is -0.461 e. The van der Waals surface area contributed by atoms with Gasteiger partial charge in [0.1, 0.15) is 11.5 Å². The van der Waals surface area contributed by atoms with Gasteiger partial charge >= 0.3 is 5.97 Å². The number of carbonyl (C=O) groups excluding carboxylic acids is 1. The predicted molar refractivity (Wildman–Crippen MR) is 67.3 cm³/mol. The van der Waals surface area contributed by atoms with Crippen LogP contribution in [0.4, 0.5) is 0 Å². The number of ether oxygens (including phenoxy) is 1. The van der Waals surface area contributed by atoms with Gasteiger partial charge in [-0.15, -0.1) is 0 Å². The molecule has 2 aromatic heterocycles. The molecule has 0 unspecified atom stereocenters. The maximum atomic E-state index is 11.5. The van der Waals surface area contributed by atoms with Gasteiger partial charge in [-0.05, 0) is 13.0 Å². The van der Waals surface area contributed by atoms with Crippen LogP contribution in [-0.4, -0.2) is 32.9 Å². The fourth-order valence-corrected chi connectivity index (χ4v) is 1.84. The number of nitrogens with zero attached hydrogens (tertiary/aromatic N) is 2. The van der Waals surface area contributed by atoms with E-state index in [0.717, 1.165) is 28.6 Å². The number of aromatic nitrogens is 3. The predicted octanol–water partition coefficient (Wildman–Crippen LogP) is 2.07. The number of esters is 1. The molecular weight excluding hydrogens is 286 g/mol. The van der Waals surface area contributed by atoms with Crippen molar-refractivity contribution in [2.24, 2.45) is 0 Å². The topological polar surface area (TPSA) is 67.9 Å². The summed E-state index contributed by atoms with van der Waals surface area (Å²) in [6.07, 6.45) is 2.44. The van der Waals surface area contributed by atoms with Gasteiger partial charge in [-0.2, -0.15) is 0 Å². The average Bonchev–Trinajstić information content (AvgIpc) is 2.73. The summed E-state index contributed by atoms with van der Waals surface area (Å²) in [6, 6.07) is 1.69. The Morgan fingerprint density at radius 2 is 2.41 bits per heavy atom. The Kier molecular flexibility index (Phi) is 3.73. The second kappa shape index (κ2) is 5.27. The maximum Gasteiger partial charge on any atom is 0.354 e. The quantitative estimate of drug-likeness (QED) is 0.693. The average molecular weight is 298 g/mol. The molecule has 0 aliphatic carbocycles. The SMILES string of the molecule is CCOC(=O)c1cc2nc(CCBr)ncc2[nH]1. The van der Waals surface area contributed by atoms with Gasteiger partial charge in [-0.3, -0.25) is 0 Å². The Morgan fingerprint density at radius 3 is 3.12 bits per heavy atom. The molecule has 0 spiro atoms. The summed E-state index contributed by atoms with van der Waals surface area (Å²) in [7, 11) is 0. The first-order valence-electron chi connectivity index (χ1n) is 5.32. The van der Waals surface area contributed by atoms with Crippen molar-refractivity contribution < 1.29 is 9.53 Å². The minimum atomic E-state index is -0.368. The summed E-state index contributed by atoms with van der Waals surface area (Å²) in [4.78, 5) is 23.0. The van der Waals surface area contributed by atoms with Gasteiger partial charge in [0.05, 0.1) is 23.8 Å². The molecule has 90 valence electrons. The standard InChI is InChI=1S/C11H12BrN3O2/c1-2-17-11(16)8-5-7-9(14-8)6-13-10(15-7)3-4-12/h5-6,14H,2-4H2,1H3. The van der Waals surface area contributed by atoms with Crippen LogP contribution in [0.15, 0.2) is 12.3 Å². The fourth-order valence-electron chi connectivity index (χ4n) is 1.48. The minimum absolute atomic E-state index is 0.356. The molecule has 2 rings (SSSR count). The number of rotatable bonds is 4. The molecule has 0 aliphatic rings. The Morgan fingerprint density at radius 1 is 1.59 bits per heavy atom. The number of aromatic amines is 1.